The molecule has 1 unspecified atom stereocenters. The molecule has 0 radical (unpaired) electrons. The molecule has 1 atom stereocenters. The topological polar surface area (TPSA) is 96.0 Å². The maximum absolute atomic E-state index is 9.99. The summed E-state index contributed by atoms with van der Waals surface area (Å²) in [5, 5.41) is 20.5. The van der Waals surface area contributed by atoms with Gasteiger partial charge in [0.2, 0.25) is 0 Å². The van der Waals surface area contributed by atoms with Crippen molar-refractivity contribution < 1.29 is 9.84 Å². The van der Waals surface area contributed by atoms with Crippen molar-refractivity contribution in [2.75, 3.05) is 20.2 Å². The Morgan fingerprint density at radius 3 is 2.65 bits per heavy atom. The van der Waals surface area contributed by atoms with Crippen LogP contribution in [0, 0.1) is 26.7 Å². The molecule has 1 aliphatic carbocycles. The van der Waals surface area contributed by atoms with Crippen LogP contribution in [0.2, 0.25) is 0 Å². The lowest BCUT2D eigenvalue weighted by atomic mass is 9.85. The molecule has 7 heteroatoms. The minimum absolute atomic E-state index is 0.227. The Morgan fingerprint density at radius 1 is 1.15 bits per heavy atom. The number of hydrogen-bond acceptors (Lipinski definition) is 6. The van der Waals surface area contributed by atoms with E-state index in [4.69, 9.17) is 14.7 Å². The molecular formula is C27H37N5O2. The van der Waals surface area contributed by atoms with Gasteiger partial charge in [0.25, 0.3) is 0 Å². The molecule has 3 aromatic rings. The molecule has 2 heterocycles. The van der Waals surface area contributed by atoms with Crippen molar-refractivity contribution in [3.63, 3.8) is 0 Å². The quantitative estimate of drug-likeness (QED) is 0.431. The van der Waals surface area contributed by atoms with Crippen molar-refractivity contribution in [2.24, 2.45) is 5.92 Å². The number of likely N-dealkylation sites (N-methyl/N-ethyl adjacent to an activating group) is 1. The van der Waals surface area contributed by atoms with Gasteiger partial charge in [0, 0.05) is 29.1 Å². The fourth-order valence-electron chi connectivity index (χ4n) is 4.91. The van der Waals surface area contributed by atoms with Crippen LogP contribution in [0.1, 0.15) is 54.7 Å². The Morgan fingerprint density at radius 2 is 1.94 bits per heavy atom. The van der Waals surface area contributed by atoms with E-state index < -0.39 is 6.10 Å². The number of aryl methyl sites for hydroxylation is 2. The maximum atomic E-state index is 9.99. The Balaban J connectivity index is 1.71. The van der Waals surface area contributed by atoms with E-state index in [9.17, 15) is 5.11 Å². The van der Waals surface area contributed by atoms with E-state index >= 15 is 0 Å². The molecule has 0 saturated heterocycles. The smallest absolute Gasteiger partial charge is 0.160 e. The van der Waals surface area contributed by atoms with Gasteiger partial charge in [0.1, 0.15) is 18.5 Å². The number of nitrogens with one attached hydrogen (secondary N) is 2. The third kappa shape index (κ3) is 5.65. The summed E-state index contributed by atoms with van der Waals surface area (Å²) in [4.78, 5) is 10.1. The minimum atomic E-state index is -0.565. The number of nitrogens with zero attached hydrogens (tertiary/aromatic N) is 3. The van der Waals surface area contributed by atoms with Gasteiger partial charge in [-0.1, -0.05) is 44.2 Å². The van der Waals surface area contributed by atoms with Crippen LogP contribution in [-0.4, -0.2) is 51.6 Å². The van der Waals surface area contributed by atoms with Crippen LogP contribution in [0.5, 0.6) is 5.75 Å². The van der Waals surface area contributed by atoms with Crippen molar-refractivity contribution >= 4 is 0 Å². The highest BCUT2D eigenvalue weighted by molar-refractivity contribution is 5.71. The first-order valence-electron chi connectivity index (χ1n) is 12.4. The average molecular weight is 464 g/mol. The van der Waals surface area contributed by atoms with E-state index in [0.29, 0.717) is 24.0 Å². The number of aliphatic hydroxyl groups is 1. The second-order valence-electron chi connectivity index (χ2n) is 9.54. The van der Waals surface area contributed by atoms with Crippen molar-refractivity contribution in [3.8, 4) is 28.4 Å². The van der Waals surface area contributed by atoms with E-state index in [1.165, 1.54) is 32.1 Å². The lowest BCUT2D eigenvalue weighted by Gasteiger charge is -2.23. The molecule has 182 valence electrons. The van der Waals surface area contributed by atoms with Crippen molar-refractivity contribution in [1.29, 1.82) is 0 Å². The first kappa shape index (κ1) is 24.4. The van der Waals surface area contributed by atoms with Crippen LogP contribution in [-0.2, 0) is 6.42 Å². The van der Waals surface area contributed by atoms with Crippen LogP contribution in [0.3, 0.4) is 0 Å². The van der Waals surface area contributed by atoms with Gasteiger partial charge in [-0.3, -0.25) is 5.10 Å². The van der Waals surface area contributed by atoms with Crippen molar-refractivity contribution in [2.45, 2.75) is 65.4 Å². The number of aliphatic hydroxyl groups excluding tert-OH is 1. The van der Waals surface area contributed by atoms with E-state index in [1.807, 2.05) is 45.2 Å². The summed E-state index contributed by atoms with van der Waals surface area (Å²) in [5.74, 6) is 2.08. The molecule has 1 aliphatic rings. The van der Waals surface area contributed by atoms with Gasteiger partial charge in [-0.15, -0.1) is 0 Å². The summed E-state index contributed by atoms with van der Waals surface area (Å²) in [5.41, 5.74) is 7.16. The predicted molar refractivity (Wildman–Crippen MR) is 135 cm³/mol. The zero-order chi connectivity index (χ0) is 24.1. The number of rotatable bonds is 9. The van der Waals surface area contributed by atoms with Gasteiger partial charge >= 0.3 is 0 Å². The molecule has 1 fully saturated rings. The molecule has 1 saturated carbocycles. The van der Waals surface area contributed by atoms with Gasteiger partial charge in [0.15, 0.2) is 5.82 Å². The summed E-state index contributed by atoms with van der Waals surface area (Å²) in [6, 6.07) is 7.83. The molecule has 2 aromatic heterocycles. The van der Waals surface area contributed by atoms with Gasteiger partial charge in [0.05, 0.1) is 11.4 Å². The highest BCUT2D eigenvalue weighted by Crippen LogP contribution is 2.34. The molecule has 4 rings (SSSR count). The molecule has 0 aliphatic heterocycles. The highest BCUT2D eigenvalue weighted by Gasteiger charge is 2.22. The molecule has 0 spiro atoms. The van der Waals surface area contributed by atoms with Crippen LogP contribution in [0.15, 0.2) is 24.3 Å². The standard InChI is InChI=1S/C27H37N5O2/c1-17-24(13-20-9-6-5-7-10-20)29-27(30-26(17)25-18(2)31-32-19(25)3)21-11-8-12-23(14-21)34-16-22(33)15-28-4/h8,11-12,14,20,22,28,33H,5-7,9-10,13,15-16H2,1-4H3,(H,31,32). The Bertz CT molecular complexity index is 1080. The highest BCUT2D eigenvalue weighted by atomic mass is 16.5. The van der Waals surface area contributed by atoms with E-state index in [2.05, 4.69) is 22.4 Å². The number of ether oxygens (including phenoxy) is 1. The summed E-state index contributed by atoms with van der Waals surface area (Å²) < 4.78 is 5.84. The van der Waals surface area contributed by atoms with Crippen molar-refractivity contribution in [3.05, 3.63) is 46.9 Å². The number of H-pyrrole nitrogens is 1. The fourth-order valence-corrected chi connectivity index (χ4v) is 4.91. The second-order valence-corrected chi connectivity index (χ2v) is 9.54. The van der Waals surface area contributed by atoms with E-state index in [-0.39, 0.29) is 6.61 Å². The molecule has 0 amide bonds. The SMILES string of the molecule is CNCC(O)COc1cccc(-c2nc(CC3CCCCC3)c(C)c(-c3c(C)n[nH]c3C)n2)c1. The summed E-state index contributed by atoms with van der Waals surface area (Å²) >= 11 is 0. The van der Waals surface area contributed by atoms with Gasteiger partial charge < -0.3 is 15.2 Å². The molecule has 0 bridgehead atoms. The lowest BCUT2D eigenvalue weighted by molar-refractivity contribution is 0.108. The molecular weight excluding hydrogens is 426 g/mol. The van der Waals surface area contributed by atoms with Gasteiger partial charge in [-0.2, -0.15) is 5.10 Å². The first-order chi connectivity index (χ1) is 16.5. The van der Waals surface area contributed by atoms with E-state index in [1.54, 1.807) is 0 Å². The largest absolute Gasteiger partial charge is 0.491 e. The number of hydrogen-bond donors (Lipinski definition) is 3. The normalized spacial score (nSPS) is 15.4. The summed E-state index contributed by atoms with van der Waals surface area (Å²) in [6.45, 7) is 6.92. The van der Waals surface area contributed by atoms with Crippen molar-refractivity contribution in [1.82, 2.24) is 25.5 Å². The fraction of sp³-hybridized carbons (Fsp3) is 0.519. The molecule has 34 heavy (non-hydrogen) atoms. The Labute approximate surface area is 202 Å². The average Bonchev–Trinajstić information content (AvgIpc) is 3.18. The molecule has 1 aromatic carbocycles. The van der Waals surface area contributed by atoms with Gasteiger partial charge in [-0.05, 0) is 57.9 Å². The van der Waals surface area contributed by atoms with Crippen LogP contribution in [0.4, 0.5) is 0 Å². The van der Waals surface area contributed by atoms with E-state index in [0.717, 1.165) is 45.9 Å². The Kier molecular flexibility index (Phi) is 7.95. The zero-order valence-electron chi connectivity index (χ0n) is 20.8. The van der Waals surface area contributed by atoms with Crippen LogP contribution < -0.4 is 10.1 Å². The van der Waals surface area contributed by atoms with Crippen LogP contribution >= 0.6 is 0 Å². The Hall–Kier alpha value is -2.77. The van der Waals surface area contributed by atoms with Gasteiger partial charge in [-0.25, -0.2) is 9.97 Å². The summed E-state index contributed by atoms with van der Waals surface area (Å²) in [7, 11) is 1.81. The molecule has 3 N–H and O–H groups in total. The summed E-state index contributed by atoms with van der Waals surface area (Å²) in [6.07, 6.45) is 6.94. The third-order valence-corrected chi connectivity index (χ3v) is 6.79. The number of aromatic nitrogens is 4. The zero-order valence-corrected chi connectivity index (χ0v) is 20.8. The lowest BCUT2D eigenvalue weighted by Crippen LogP contribution is -2.29. The maximum Gasteiger partial charge on any atom is 0.160 e. The minimum Gasteiger partial charge on any atom is -0.491 e. The first-order valence-corrected chi connectivity index (χ1v) is 12.4. The third-order valence-electron chi connectivity index (χ3n) is 6.79. The van der Waals surface area contributed by atoms with Crippen LogP contribution in [0.25, 0.3) is 22.6 Å². The number of benzene rings is 1. The second kappa shape index (κ2) is 11.1. The predicted octanol–water partition coefficient (Wildman–Crippen LogP) is 4.54. The monoisotopic (exact) mass is 463 g/mol. The molecule has 7 nitrogen and oxygen atoms in total. The number of aromatic amines is 1.